The Bertz CT molecular complexity index is 244. The Kier molecular flexibility index (Phi) is 3.26. The zero-order valence-corrected chi connectivity index (χ0v) is 9.11. The second kappa shape index (κ2) is 4.49. The molecular weight excluding hydrogens is 194 g/mol. The van der Waals surface area contributed by atoms with E-state index in [1.165, 1.54) is 26.4 Å². The van der Waals surface area contributed by atoms with Crippen molar-refractivity contribution in [1.82, 2.24) is 5.32 Å². The molecule has 4 unspecified atom stereocenters. The van der Waals surface area contributed by atoms with Crippen LogP contribution < -0.4 is 5.32 Å². The van der Waals surface area contributed by atoms with Gasteiger partial charge in [-0.3, -0.25) is 4.79 Å². The maximum atomic E-state index is 11.4. The normalized spacial score (nSPS) is 38.3. The molecule has 0 aromatic rings. The topological polar surface area (TPSA) is 58.6 Å². The van der Waals surface area contributed by atoms with E-state index in [0.717, 1.165) is 0 Å². The largest absolute Gasteiger partial charge is 0.396 e. The highest BCUT2D eigenvalue weighted by atomic mass is 16.5. The average molecular weight is 213 g/mol. The van der Waals surface area contributed by atoms with Crippen LogP contribution in [-0.2, 0) is 9.53 Å². The van der Waals surface area contributed by atoms with Gasteiger partial charge >= 0.3 is 0 Å². The second-order valence-electron chi connectivity index (χ2n) is 4.71. The van der Waals surface area contributed by atoms with Gasteiger partial charge < -0.3 is 15.2 Å². The van der Waals surface area contributed by atoms with Gasteiger partial charge in [0.05, 0.1) is 0 Å². The average Bonchev–Trinajstić information content (AvgIpc) is 2.78. The Balaban J connectivity index is 1.93. The molecule has 0 saturated heterocycles. The number of nitrogens with one attached hydrogen (secondary N) is 1. The van der Waals surface area contributed by atoms with E-state index >= 15 is 0 Å². The Morgan fingerprint density at radius 1 is 1.47 bits per heavy atom. The molecule has 1 amide bonds. The highest BCUT2D eigenvalue weighted by Gasteiger charge is 2.47. The van der Waals surface area contributed by atoms with Crippen LogP contribution in [0.25, 0.3) is 0 Å². The van der Waals surface area contributed by atoms with Crippen molar-refractivity contribution in [3.63, 3.8) is 0 Å². The number of aliphatic hydroxyl groups is 1. The van der Waals surface area contributed by atoms with E-state index in [1.807, 2.05) is 0 Å². The molecule has 86 valence electrons. The number of amides is 1. The van der Waals surface area contributed by atoms with Crippen molar-refractivity contribution in [3.8, 4) is 0 Å². The molecule has 0 radical (unpaired) electrons. The minimum atomic E-state index is -0.0616. The predicted octanol–water partition coefficient (Wildman–Crippen LogP) is 0.156. The number of hydrogen-bond acceptors (Lipinski definition) is 3. The molecule has 4 atom stereocenters. The molecule has 0 heterocycles. The molecule has 2 aliphatic carbocycles. The molecule has 2 bridgehead atoms. The molecule has 0 spiro atoms. The van der Waals surface area contributed by atoms with E-state index in [9.17, 15) is 9.90 Å². The van der Waals surface area contributed by atoms with Crippen LogP contribution in [0.5, 0.6) is 0 Å². The van der Waals surface area contributed by atoms with Crippen molar-refractivity contribution in [2.24, 2.45) is 17.8 Å². The monoisotopic (exact) mass is 213 g/mol. The van der Waals surface area contributed by atoms with Crippen LogP contribution in [0.4, 0.5) is 0 Å². The molecule has 0 aliphatic heterocycles. The highest BCUT2D eigenvalue weighted by Crippen LogP contribution is 2.48. The Morgan fingerprint density at radius 2 is 2.20 bits per heavy atom. The molecule has 2 N–H and O–H groups in total. The predicted molar refractivity (Wildman–Crippen MR) is 55.2 cm³/mol. The summed E-state index contributed by atoms with van der Waals surface area (Å²) in [4.78, 5) is 11.4. The van der Waals surface area contributed by atoms with Gasteiger partial charge in [0.1, 0.15) is 6.61 Å². The zero-order chi connectivity index (χ0) is 10.8. The molecule has 0 aromatic carbocycles. The second-order valence-corrected chi connectivity index (χ2v) is 4.71. The van der Waals surface area contributed by atoms with Crippen molar-refractivity contribution in [2.75, 3.05) is 20.3 Å². The van der Waals surface area contributed by atoms with Crippen LogP contribution in [0.1, 0.15) is 19.3 Å². The molecule has 15 heavy (non-hydrogen) atoms. The summed E-state index contributed by atoms with van der Waals surface area (Å²) >= 11 is 0. The van der Waals surface area contributed by atoms with Gasteiger partial charge in [-0.25, -0.2) is 0 Å². The summed E-state index contributed by atoms with van der Waals surface area (Å²) in [6.45, 7) is 0.311. The SMILES string of the molecule is COCC(=O)NC1C2CCC(C2)C1CO. The number of hydrogen-bond donors (Lipinski definition) is 2. The van der Waals surface area contributed by atoms with Gasteiger partial charge in [-0.15, -0.1) is 0 Å². The van der Waals surface area contributed by atoms with Crippen molar-refractivity contribution in [1.29, 1.82) is 0 Å². The summed E-state index contributed by atoms with van der Waals surface area (Å²) in [6.07, 6.45) is 3.58. The van der Waals surface area contributed by atoms with Crippen LogP contribution in [0, 0.1) is 17.8 Å². The molecular formula is C11H19NO3. The molecule has 4 heteroatoms. The third kappa shape index (κ3) is 2.01. The van der Waals surface area contributed by atoms with Gasteiger partial charge in [-0.05, 0) is 31.1 Å². The number of ether oxygens (including phenoxy) is 1. The fourth-order valence-electron chi connectivity index (χ4n) is 3.26. The lowest BCUT2D eigenvalue weighted by Crippen LogP contribution is -2.46. The van der Waals surface area contributed by atoms with Crippen LogP contribution >= 0.6 is 0 Å². The summed E-state index contributed by atoms with van der Waals surface area (Å²) in [6, 6.07) is 0.177. The molecule has 2 saturated carbocycles. The van der Waals surface area contributed by atoms with Gasteiger partial charge in [0.2, 0.25) is 5.91 Å². The Morgan fingerprint density at radius 3 is 2.87 bits per heavy atom. The van der Waals surface area contributed by atoms with E-state index in [0.29, 0.717) is 11.8 Å². The van der Waals surface area contributed by atoms with Crippen LogP contribution in [0.2, 0.25) is 0 Å². The maximum absolute atomic E-state index is 11.4. The number of rotatable bonds is 4. The number of carbonyl (C=O) groups excluding carboxylic acids is 1. The summed E-state index contributed by atoms with van der Waals surface area (Å²) < 4.78 is 4.79. The first-order valence-corrected chi connectivity index (χ1v) is 5.65. The van der Waals surface area contributed by atoms with E-state index in [4.69, 9.17) is 4.74 Å². The molecule has 0 aromatic heterocycles. The maximum Gasteiger partial charge on any atom is 0.246 e. The van der Waals surface area contributed by atoms with Gasteiger partial charge in [-0.2, -0.15) is 0 Å². The number of methoxy groups -OCH3 is 1. The summed E-state index contributed by atoms with van der Waals surface area (Å²) in [5, 5.41) is 12.3. The van der Waals surface area contributed by atoms with Gasteiger partial charge in [0.15, 0.2) is 0 Å². The van der Waals surface area contributed by atoms with Crippen LogP contribution in [-0.4, -0.2) is 37.4 Å². The third-order valence-electron chi connectivity index (χ3n) is 3.90. The van der Waals surface area contributed by atoms with E-state index < -0.39 is 0 Å². The van der Waals surface area contributed by atoms with Crippen molar-refractivity contribution < 1.29 is 14.6 Å². The van der Waals surface area contributed by atoms with Gasteiger partial charge in [-0.1, -0.05) is 0 Å². The smallest absolute Gasteiger partial charge is 0.246 e. The number of carbonyl (C=O) groups is 1. The first kappa shape index (κ1) is 10.9. The van der Waals surface area contributed by atoms with Crippen molar-refractivity contribution in [3.05, 3.63) is 0 Å². The first-order valence-electron chi connectivity index (χ1n) is 5.65. The highest BCUT2D eigenvalue weighted by molar-refractivity contribution is 5.77. The molecule has 2 aliphatic rings. The number of aliphatic hydroxyl groups excluding tert-OH is 1. The third-order valence-corrected chi connectivity index (χ3v) is 3.90. The summed E-state index contributed by atoms with van der Waals surface area (Å²) in [7, 11) is 1.52. The summed E-state index contributed by atoms with van der Waals surface area (Å²) in [5.74, 6) is 1.40. The minimum Gasteiger partial charge on any atom is -0.396 e. The van der Waals surface area contributed by atoms with Crippen molar-refractivity contribution in [2.45, 2.75) is 25.3 Å². The lowest BCUT2D eigenvalue weighted by molar-refractivity contribution is -0.126. The van der Waals surface area contributed by atoms with E-state index in [2.05, 4.69) is 5.32 Å². The van der Waals surface area contributed by atoms with E-state index in [1.54, 1.807) is 0 Å². The van der Waals surface area contributed by atoms with Crippen LogP contribution in [0.3, 0.4) is 0 Å². The van der Waals surface area contributed by atoms with Gasteiger partial charge in [0.25, 0.3) is 0 Å². The molecule has 2 fully saturated rings. The molecule has 4 nitrogen and oxygen atoms in total. The zero-order valence-electron chi connectivity index (χ0n) is 9.11. The molecule has 2 rings (SSSR count). The van der Waals surface area contributed by atoms with Crippen molar-refractivity contribution >= 4 is 5.91 Å². The first-order chi connectivity index (χ1) is 7.26. The Hall–Kier alpha value is -0.610. The lowest BCUT2D eigenvalue weighted by Gasteiger charge is -2.30. The van der Waals surface area contributed by atoms with Gasteiger partial charge in [0, 0.05) is 25.7 Å². The van der Waals surface area contributed by atoms with E-state index in [-0.39, 0.29) is 31.1 Å². The lowest BCUT2D eigenvalue weighted by atomic mass is 9.85. The standard InChI is InChI=1S/C11H19NO3/c1-15-6-10(14)12-11-8-3-2-7(4-8)9(11)5-13/h7-9,11,13H,2-6H2,1H3,(H,12,14). The Labute approximate surface area is 90.0 Å². The fraction of sp³-hybridized carbons (Fsp3) is 0.909. The quantitative estimate of drug-likeness (QED) is 0.699. The summed E-state index contributed by atoms with van der Waals surface area (Å²) in [5.41, 5.74) is 0. The fourth-order valence-corrected chi connectivity index (χ4v) is 3.26. The van der Waals surface area contributed by atoms with Crippen LogP contribution in [0.15, 0.2) is 0 Å². The minimum absolute atomic E-state index is 0.0616. The number of fused-ring (bicyclic) bond motifs is 2.